The molecule has 3 heterocycles. The third-order valence-corrected chi connectivity index (χ3v) is 5.89. The number of fused-ring (bicyclic) bond motifs is 2. The number of hydrogen-bond acceptors (Lipinski definition) is 5. The summed E-state index contributed by atoms with van der Waals surface area (Å²) in [6, 6.07) is 10.7. The zero-order chi connectivity index (χ0) is 27.9. The lowest BCUT2D eigenvalue weighted by Crippen LogP contribution is -2.55. The Hall–Kier alpha value is -3.13. The highest BCUT2D eigenvalue weighted by Gasteiger charge is 2.42. The quantitative estimate of drug-likeness (QED) is 0.505. The van der Waals surface area contributed by atoms with E-state index in [-0.39, 0.29) is 5.54 Å². The number of alkyl halides is 6. The Bertz CT molecular complexity index is 1010. The first-order valence-corrected chi connectivity index (χ1v) is 11.4. The van der Waals surface area contributed by atoms with Crippen LogP contribution >= 0.6 is 0 Å². The van der Waals surface area contributed by atoms with Crippen molar-refractivity contribution >= 4 is 11.9 Å². The first-order chi connectivity index (χ1) is 17.2. The average molecular weight is 538 g/mol. The number of nitrogens with one attached hydrogen (secondary N) is 1. The van der Waals surface area contributed by atoms with Crippen LogP contribution in [0.2, 0.25) is 0 Å². The van der Waals surface area contributed by atoms with Crippen molar-refractivity contribution in [2.75, 3.05) is 26.2 Å². The lowest BCUT2D eigenvalue weighted by Gasteiger charge is -2.44. The monoisotopic (exact) mass is 538 g/mol. The summed E-state index contributed by atoms with van der Waals surface area (Å²) >= 11 is 0. The summed E-state index contributed by atoms with van der Waals surface area (Å²) in [7, 11) is 0. The minimum atomic E-state index is -5.08. The summed E-state index contributed by atoms with van der Waals surface area (Å²) in [5, 5.41) is 18.1. The number of carboxylic acid groups (broad SMARTS) is 2. The number of nitrogens with zero attached hydrogens (tertiary/aromatic N) is 3. The van der Waals surface area contributed by atoms with Crippen molar-refractivity contribution in [3.8, 4) is 11.3 Å². The van der Waals surface area contributed by atoms with Gasteiger partial charge in [0.05, 0.1) is 17.4 Å². The molecule has 3 N–H and O–H groups in total. The maximum Gasteiger partial charge on any atom is 0.490 e. The third kappa shape index (κ3) is 8.18. The second kappa shape index (κ2) is 12.4. The molecule has 0 saturated carbocycles. The van der Waals surface area contributed by atoms with Gasteiger partial charge in [-0.3, -0.25) is 0 Å². The van der Waals surface area contributed by atoms with E-state index in [1.807, 2.05) is 0 Å². The number of aromatic nitrogens is 2. The van der Waals surface area contributed by atoms with Crippen LogP contribution in [0.15, 0.2) is 36.5 Å². The van der Waals surface area contributed by atoms with Gasteiger partial charge in [-0.25, -0.2) is 14.6 Å². The molecule has 2 aliphatic heterocycles. The normalized spacial score (nSPS) is 17.1. The molecule has 206 valence electrons. The Morgan fingerprint density at radius 3 is 1.95 bits per heavy atom. The fourth-order valence-corrected chi connectivity index (χ4v) is 4.18. The summed E-state index contributed by atoms with van der Waals surface area (Å²) in [4.78, 5) is 25.2. The van der Waals surface area contributed by atoms with Crippen molar-refractivity contribution in [3.63, 3.8) is 0 Å². The predicted octanol–water partition coefficient (Wildman–Crippen LogP) is 4.12. The van der Waals surface area contributed by atoms with Crippen LogP contribution in [-0.2, 0) is 21.7 Å². The number of likely N-dealkylation sites (tertiary alicyclic amines) is 1. The second-order valence-electron chi connectivity index (χ2n) is 8.44. The van der Waals surface area contributed by atoms with E-state index in [1.165, 1.54) is 43.1 Å². The molecule has 1 spiro atoms. The Balaban J connectivity index is 0.000000286. The van der Waals surface area contributed by atoms with Gasteiger partial charge in [0, 0.05) is 26.2 Å². The van der Waals surface area contributed by atoms with Crippen LogP contribution in [0, 0.1) is 0 Å². The Labute approximate surface area is 208 Å². The maximum atomic E-state index is 10.6. The zero-order valence-corrected chi connectivity index (χ0v) is 19.9. The standard InChI is InChI=1S/C19H26N4.2C2HF3O2/c1-2-11-22-12-8-19(9-13-22)18-20-15-17(23(18)14-10-21-19)16-6-4-3-5-7-16;2*3-2(4,5)1(6)7/h3-7,15,21H,2,8-14H2,1H3;2*(H,6,7). The molecule has 1 aromatic carbocycles. The van der Waals surface area contributed by atoms with Gasteiger partial charge in [0.2, 0.25) is 0 Å². The lowest BCUT2D eigenvalue weighted by atomic mass is 9.85. The second-order valence-corrected chi connectivity index (χ2v) is 8.44. The predicted molar refractivity (Wildman–Crippen MR) is 121 cm³/mol. The molecule has 1 saturated heterocycles. The van der Waals surface area contributed by atoms with E-state index in [2.05, 4.69) is 58.2 Å². The van der Waals surface area contributed by atoms with Crippen molar-refractivity contribution in [1.82, 2.24) is 19.8 Å². The molecular weight excluding hydrogens is 510 g/mol. The van der Waals surface area contributed by atoms with Crippen molar-refractivity contribution in [2.45, 2.75) is 50.6 Å². The van der Waals surface area contributed by atoms with Gasteiger partial charge in [-0.05, 0) is 31.4 Å². The fourth-order valence-electron chi connectivity index (χ4n) is 4.18. The van der Waals surface area contributed by atoms with Crippen LogP contribution in [0.5, 0.6) is 0 Å². The van der Waals surface area contributed by atoms with Gasteiger partial charge >= 0.3 is 24.3 Å². The highest BCUT2D eigenvalue weighted by atomic mass is 19.4. The van der Waals surface area contributed by atoms with Crippen molar-refractivity contribution < 1.29 is 46.1 Å². The number of imidazole rings is 1. The minimum absolute atomic E-state index is 0.0789. The van der Waals surface area contributed by atoms with Crippen LogP contribution in [0.25, 0.3) is 11.3 Å². The van der Waals surface area contributed by atoms with Crippen LogP contribution in [0.4, 0.5) is 26.3 Å². The van der Waals surface area contributed by atoms with Gasteiger partial charge in [0.15, 0.2) is 0 Å². The molecule has 0 bridgehead atoms. The van der Waals surface area contributed by atoms with Crippen LogP contribution in [-0.4, -0.2) is 75.1 Å². The van der Waals surface area contributed by atoms with E-state index in [0.29, 0.717) is 0 Å². The smallest absolute Gasteiger partial charge is 0.475 e. The third-order valence-electron chi connectivity index (χ3n) is 5.89. The summed E-state index contributed by atoms with van der Waals surface area (Å²) in [5.41, 5.74) is 2.61. The van der Waals surface area contributed by atoms with E-state index in [4.69, 9.17) is 24.8 Å². The first kappa shape index (κ1) is 30.1. The van der Waals surface area contributed by atoms with E-state index in [0.717, 1.165) is 25.9 Å². The highest BCUT2D eigenvalue weighted by molar-refractivity contribution is 5.73. The number of rotatable bonds is 3. The molecule has 2 aliphatic rings. The Kier molecular flexibility index (Phi) is 10.1. The summed E-state index contributed by atoms with van der Waals surface area (Å²) in [6.07, 6.45) is -4.53. The number of carboxylic acids is 2. The number of carbonyl (C=O) groups is 2. The van der Waals surface area contributed by atoms with Gasteiger partial charge in [-0.1, -0.05) is 37.3 Å². The van der Waals surface area contributed by atoms with Crippen molar-refractivity contribution in [1.29, 1.82) is 0 Å². The molecule has 8 nitrogen and oxygen atoms in total. The number of piperidine rings is 1. The van der Waals surface area contributed by atoms with E-state index in [1.54, 1.807) is 0 Å². The average Bonchev–Trinajstić information content (AvgIpc) is 3.27. The topological polar surface area (TPSA) is 108 Å². The van der Waals surface area contributed by atoms with Gasteiger partial charge in [-0.15, -0.1) is 0 Å². The molecule has 0 atom stereocenters. The largest absolute Gasteiger partial charge is 0.490 e. The summed E-state index contributed by atoms with van der Waals surface area (Å²) < 4.78 is 65.9. The molecule has 0 aliphatic carbocycles. The van der Waals surface area contributed by atoms with Gasteiger partial charge in [0.1, 0.15) is 5.82 Å². The first-order valence-electron chi connectivity index (χ1n) is 11.4. The fraction of sp³-hybridized carbons (Fsp3) is 0.522. The van der Waals surface area contributed by atoms with Crippen LogP contribution in [0.1, 0.15) is 32.0 Å². The number of aliphatic carboxylic acids is 2. The van der Waals surface area contributed by atoms with E-state index < -0.39 is 24.3 Å². The molecule has 1 aromatic heterocycles. The summed E-state index contributed by atoms with van der Waals surface area (Å²) in [6.45, 7) is 7.89. The van der Waals surface area contributed by atoms with Crippen molar-refractivity contribution in [3.05, 3.63) is 42.4 Å². The molecular formula is C23H28F6N4O4. The number of benzene rings is 1. The maximum absolute atomic E-state index is 10.6. The molecule has 14 heteroatoms. The minimum Gasteiger partial charge on any atom is -0.475 e. The molecule has 37 heavy (non-hydrogen) atoms. The molecule has 2 aromatic rings. The van der Waals surface area contributed by atoms with E-state index in [9.17, 15) is 26.3 Å². The Morgan fingerprint density at radius 1 is 0.973 bits per heavy atom. The highest BCUT2D eigenvalue weighted by Crippen LogP contribution is 2.36. The number of hydrogen-bond donors (Lipinski definition) is 3. The molecule has 0 unspecified atom stereocenters. The van der Waals surface area contributed by atoms with Gasteiger partial charge in [-0.2, -0.15) is 26.3 Å². The van der Waals surface area contributed by atoms with Gasteiger partial charge in [0.25, 0.3) is 0 Å². The lowest BCUT2D eigenvalue weighted by molar-refractivity contribution is -0.193. The van der Waals surface area contributed by atoms with Crippen LogP contribution < -0.4 is 5.32 Å². The Morgan fingerprint density at radius 2 is 1.49 bits per heavy atom. The van der Waals surface area contributed by atoms with Crippen LogP contribution in [0.3, 0.4) is 0 Å². The van der Waals surface area contributed by atoms with Gasteiger partial charge < -0.3 is 25.0 Å². The SMILES string of the molecule is CCCN1CCC2(CC1)NCCn1c(-c3ccccc3)cnc12.O=C(O)C(F)(F)F.O=C(O)C(F)(F)F. The summed E-state index contributed by atoms with van der Waals surface area (Å²) in [5.74, 6) is -4.27. The zero-order valence-electron chi connectivity index (χ0n) is 19.9. The van der Waals surface area contributed by atoms with E-state index >= 15 is 0 Å². The molecule has 0 amide bonds. The molecule has 1 fully saturated rings. The number of halogens is 6. The molecule has 0 radical (unpaired) electrons. The van der Waals surface area contributed by atoms with Crippen molar-refractivity contribution in [2.24, 2.45) is 0 Å². The molecule has 4 rings (SSSR count).